The molecule has 2 aromatic carbocycles. The molecule has 2 amide bonds. The Morgan fingerprint density at radius 1 is 1.09 bits per heavy atom. The molecule has 1 unspecified atom stereocenters. The molecule has 3 aromatic rings. The van der Waals surface area contributed by atoms with Crippen molar-refractivity contribution in [2.45, 2.75) is 18.4 Å². The van der Waals surface area contributed by atoms with Crippen LogP contribution in [0.25, 0.3) is 11.1 Å². The van der Waals surface area contributed by atoms with Crippen LogP contribution in [0.5, 0.6) is 0 Å². The van der Waals surface area contributed by atoms with Gasteiger partial charge in [0.25, 0.3) is 11.5 Å². The lowest BCUT2D eigenvalue weighted by Crippen LogP contribution is -2.62. The van der Waals surface area contributed by atoms with E-state index in [9.17, 15) is 14.4 Å². The van der Waals surface area contributed by atoms with Crippen LogP contribution in [0, 0.1) is 0 Å². The van der Waals surface area contributed by atoms with Gasteiger partial charge in [-0.2, -0.15) is 0 Å². The summed E-state index contributed by atoms with van der Waals surface area (Å²) in [6.45, 7) is 0.738. The van der Waals surface area contributed by atoms with Gasteiger partial charge in [0, 0.05) is 38.8 Å². The molecule has 0 spiro atoms. The summed E-state index contributed by atoms with van der Waals surface area (Å²) in [7, 11) is 3.38. The van der Waals surface area contributed by atoms with Crippen LogP contribution in [0.1, 0.15) is 11.1 Å². The van der Waals surface area contributed by atoms with Crippen molar-refractivity contribution in [3.63, 3.8) is 0 Å². The molecular formula is C25H28N4O4. The highest BCUT2D eigenvalue weighted by molar-refractivity contribution is 5.87. The van der Waals surface area contributed by atoms with Gasteiger partial charge in [0.05, 0.1) is 19.6 Å². The summed E-state index contributed by atoms with van der Waals surface area (Å²) in [5.41, 5.74) is 1.94. The van der Waals surface area contributed by atoms with Crippen molar-refractivity contribution in [1.82, 2.24) is 20.0 Å². The molecule has 0 aliphatic carbocycles. The Labute approximate surface area is 192 Å². The number of nitrogens with zero attached hydrogens (tertiary/aromatic N) is 2. The van der Waals surface area contributed by atoms with Crippen LogP contribution >= 0.6 is 0 Å². The number of amides is 2. The Balaban J connectivity index is 1.60. The van der Waals surface area contributed by atoms with E-state index < -0.39 is 5.60 Å². The number of H-pyrrole nitrogens is 2. The zero-order valence-corrected chi connectivity index (χ0v) is 18.8. The Bertz CT molecular complexity index is 1180. The number of benzene rings is 2. The molecule has 0 saturated carbocycles. The minimum atomic E-state index is -1.20. The van der Waals surface area contributed by atoms with Crippen LogP contribution in [0.2, 0.25) is 0 Å². The van der Waals surface area contributed by atoms with Gasteiger partial charge in [0.15, 0.2) is 5.60 Å². The fourth-order valence-corrected chi connectivity index (χ4v) is 4.28. The monoisotopic (exact) mass is 448 g/mol. The van der Waals surface area contributed by atoms with Crippen molar-refractivity contribution in [3.8, 4) is 11.1 Å². The van der Waals surface area contributed by atoms with Crippen LogP contribution < -0.4 is 5.56 Å². The number of hydrogen-bond acceptors (Lipinski definition) is 4. The van der Waals surface area contributed by atoms with Gasteiger partial charge in [0.1, 0.15) is 0 Å². The molecule has 8 heteroatoms. The second-order valence-corrected chi connectivity index (χ2v) is 8.55. The summed E-state index contributed by atoms with van der Waals surface area (Å²) in [4.78, 5) is 41.2. The van der Waals surface area contributed by atoms with Gasteiger partial charge in [-0.05, 0) is 16.7 Å². The molecule has 0 radical (unpaired) electrons. The van der Waals surface area contributed by atoms with Crippen LogP contribution in [-0.4, -0.2) is 71.2 Å². The lowest BCUT2D eigenvalue weighted by Gasteiger charge is -2.43. The van der Waals surface area contributed by atoms with Gasteiger partial charge < -0.3 is 19.6 Å². The normalized spacial score (nSPS) is 18.2. The highest BCUT2D eigenvalue weighted by atomic mass is 16.5. The number of nitrogens with one attached hydrogen (secondary N) is 2. The first-order valence-corrected chi connectivity index (χ1v) is 10.9. The lowest BCUT2D eigenvalue weighted by atomic mass is 9.89. The molecule has 2 heterocycles. The predicted molar refractivity (Wildman–Crippen MR) is 125 cm³/mol. The van der Waals surface area contributed by atoms with Crippen molar-refractivity contribution in [3.05, 3.63) is 82.3 Å². The summed E-state index contributed by atoms with van der Waals surface area (Å²) in [5.74, 6) is -0.401. The van der Waals surface area contributed by atoms with Gasteiger partial charge in [-0.25, -0.2) is 0 Å². The first-order valence-electron chi connectivity index (χ1n) is 10.9. The third kappa shape index (κ3) is 4.90. The molecule has 8 nitrogen and oxygen atoms in total. The average molecular weight is 449 g/mol. The fraction of sp³-hybridized carbons (Fsp3) is 0.320. The van der Waals surface area contributed by atoms with Crippen molar-refractivity contribution in [2.24, 2.45) is 0 Å². The van der Waals surface area contributed by atoms with Gasteiger partial charge in [-0.1, -0.05) is 54.6 Å². The summed E-state index contributed by atoms with van der Waals surface area (Å²) in [5, 5.41) is 5.05. The molecule has 2 N–H and O–H groups in total. The molecule has 1 saturated heterocycles. The average Bonchev–Trinajstić information content (AvgIpc) is 3.23. The fourth-order valence-electron chi connectivity index (χ4n) is 4.28. The van der Waals surface area contributed by atoms with E-state index in [1.54, 1.807) is 19.0 Å². The zero-order chi connectivity index (χ0) is 23.4. The summed E-state index contributed by atoms with van der Waals surface area (Å²) < 4.78 is 6.12. The van der Waals surface area contributed by atoms with Gasteiger partial charge >= 0.3 is 0 Å². The maximum atomic E-state index is 13.3. The lowest BCUT2D eigenvalue weighted by molar-refractivity contribution is -0.172. The number of carbonyl (C=O) groups excluding carboxylic acids is 2. The smallest absolute Gasteiger partial charge is 0.267 e. The molecule has 4 rings (SSSR count). The molecule has 0 bridgehead atoms. The van der Waals surface area contributed by atoms with Crippen LogP contribution in [-0.2, 0) is 27.2 Å². The summed E-state index contributed by atoms with van der Waals surface area (Å²) in [6, 6.07) is 18.1. The maximum Gasteiger partial charge on any atom is 0.267 e. The molecule has 172 valence electrons. The number of aromatic amines is 2. The number of likely N-dealkylation sites (N-methyl/N-ethyl adjacent to an activating group) is 1. The standard InChI is InChI=1S/C25H28N4O4/c1-28(2)24(32)25(15-18-7-6-10-20(13-18)19-8-4-3-5-9-19)17-29(11-12-33-25)22(30)14-21-16-26-27-23(21)31/h3-10,13,16H,11-12,14-15,17H2,1-2H3,(H2,26,27,31). The highest BCUT2D eigenvalue weighted by Gasteiger charge is 2.46. The Hall–Kier alpha value is -3.65. The third-order valence-corrected chi connectivity index (χ3v) is 5.92. The quantitative estimate of drug-likeness (QED) is 0.601. The number of carbonyl (C=O) groups is 2. The van der Waals surface area contributed by atoms with Crippen LogP contribution in [0.15, 0.2) is 65.6 Å². The minimum Gasteiger partial charge on any atom is -0.361 e. The van der Waals surface area contributed by atoms with Crippen molar-refractivity contribution in [1.29, 1.82) is 0 Å². The number of morpholine rings is 1. The number of aromatic nitrogens is 2. The number of rotatable bonds is 6. The van der Waals surface area contributed by atoms with Crippen molar-refractivity contribution >= 4 is 11.8 Å². The largest absolute Gasteiger partial charge is 0.361 e. The summed E-state index contributed by atoms with van der Waals surface area (Å²) >= 11 is 0. The Morgan fingerprint density at radius 2 is 1.85 bits per heavy atom. The third-order valence-electron chi connectivity index (χ3n) is 5.92. The maximum absolute atomic E-state index is 13.3. The van der Waals surface area contributed by atoms with E-state index in [1.807, 2.05) is 48.5 Å². The van der Waals surface area contributed by atoms with Crippen molar-refractivity contribution in [2.75, 3.05) is 33.8 Å². The van der Waals surface area contributed by atoms with Crippen LogP contribution in [0.4, 0.5) is 0 Å². The second kappa shape index (κ2) is 9.46. The van der Waals surface area contributed by atoms with E-state index in [2.05, 4.69) is 16.3 Å². The Morgan fingerprint density at radius 3 is 2.55 bits per heavy atom. The number of ether oxygens (including phenoxy) is 1. The molecular weight excluding hydrogens is 420 g/mol. The van der Waals surface area contributed by atoms with E-state index >= 15 is 0 Å². The first-order chi connectivity index (χ1) is 15.9. The summed E-state index contributed by atoms with van der Waals surface area (Å²) in [6.07, 6.45) is 1.79. The predicted octanol–water partition coefficient (Wildman–Crippen LogP) is 1.84. The van der Waals surface area contributed by atoms with E-state index in [-0.39, 0.29) is 36.9 Å². The highest BCUT2D eigenvalue weighted by Crippen LogP contribution is 2.28. The van der Waals surface area contributed by atoms with E-state index in [0.717, 1.165) is 16.7 Å². The minimum absolute atomic E-state index is 0.0332. The van der Waals surface area contributed by atoms with E-state index in [4.69, 9.17) is 4.74 Å². The SMILES string of the molecule is CN(C)C(=O)C1(Cc2cccc(-c3ccccc3)c2)CN(C(=O)Cc2c[nH][nH]c2=O)CCO1. The van der Waals surface area contributed by atoms with Gasteiger partial charge in [-0.3, -0.25) is 19.5 Å². The number of hydrogen-bond donors (Lipinski definition) is 2. The molecule has 33 heavy (non-hydrogen) atoms. The van der Waals surface area contributed by atoms with Crippen molar-refractivity contribution < 1.29 is 14.3 Å². The Kier molecular flexibility index (Phi) is 6.46. The molecule has 1 fully saturated rings. The van der Waals surface area contributed by atoms with E-state index in [1.165, 1.54) is 11.1 Å². The van der Waals surface area contributed by atoms with Gasteiger partial charge in [-0.15, -0.1) is 0 Å². The molecule has 1 aliphatic heterocycles. The van der Waals surface area contributed by atoms with E-state index in [0.29, 0.717) is 18.5 Å². The molecule has 1 aromatic heterocycles. The second-order valence-electron chi connectivity index (χ2n) is 8.55. The first kappa shape index (κ1) is 22.5. The van der Waals surface area contributed by atoms with Crippen LogP contribution in [0.3, 0.4) is 0 Å². The molecule has 1 aliphatic rings. The molecule has 1 atom stereocenters. The zero-order valence-electron chi connectivity index (χ0n) is 18.8. The van der Waals surface area contributed by atoms with Gasteiger partial charge in [0.2, 0.25) is 5.91 Å². The topological polar surface area (TPSA) is 98.5 Å².